The quantitative estimate of drug-likeness (QED) is 0.0945. The fourth-order valence-corrected chi connectivity index (χ4v) is 6.83. The van der Waals surface area contributed by atoms with Crippen molar-refractivity contribution in [1.82, 2.24) is 13.7 Å². The topological polar surface area (TPSA) is 206 Å². The Kier molecular flexibility index (Phi) is 9.40. The fourth-order valence-electron chi connectivity index (χ4n) is 6.83. The lowest BCUT2D eigenvalue weighted by molar-refractivity contribution is 0.100. The summed E-state index contributed by atoms with van der Waals surface area (Å²) in [5.74, 6) is -1.29. The Balaban J connectivity index is 1.75. The number of carbonyl (C=O) groups excluding carboxylic acids is 6. The van der Waals surface area contributed by atoms with Crippen LogP contribution >= 0.6 is 0 Å². The maximum atomic E-state index is 15.0. The van der Waals surface area contributed by atoms with Crippen molar-refractivity contribution in [2.24, 2.45) is 15.0 Å². The normalized spacial score (nSPS) is 10.8. The zero-order chi connectivity index (χ0) is 40.7. The number of aliphatic imine (C=N–C) groups is 3. The van der Waals surface area contributed by atoms with Gasteiger partial charge in [0.15, 0.2) is 17.3 Å². The monoisotopic (exact) mass is 756 g/mol. The summed E-state index contributed by atoms with van der Waals surface area (Å²) < 4.78 is 2.08. The summed E-state index contributed by atoms with van der Waals surface area (Å²) in [5, 5.41) is 1.10. The van der Waals surface area contributed by atoms with E-state index in [1.807, 2.05) is 0 Å². The van der Waals surface area contributed by atoms with Crippen LogP contribution < -0.4 is 17.1 Å². The molecule has 15 heteroatoms. The van der Waals surface area contributed by atoms with Gasteiger partial charge in [0.1, 0.15) is 0 Å². The second-order valence-corrected chi connectivity index (χ2v) is 12.7. The number of Topliss-reactive ketones (excluding diaryl/α,β-unsaturated/α-hetero) is 3. The SMILES string of the molecule is CC(=O)c1cc(N=C=O)c2cccc(-n3c(=O)n(-c4cccc5c(N=C=O)cc(C(C)=O)cc45)c(=O)n(-c4cccc5c(N=C=O)cc(C(C)=O)cc45)c3=O)c2c1. The van der Waals surface area contributed by atoms with Crippen molar-refractivity contribution >= 4 is 85.0 Å². The van der Waals surface area contributed by atoms with Gasteiger partial charge in [0.05, 0.1) is 34.1 Å². The highest BCUT2D eigenvalue weighted by Crippen LogP contribution is 2.35. The van der Waals surface area contributed by atoms with Gasteiger partial charge in [0, 0.05) is 49.0 Å². The Morgan fingerprint density at radius 3 is 0.912 bits per heavy atom. The molecule has 0 fully saturated rings. The number of benzene rings is 6. The van der Waals surface area contributed by atoms with E-state index in [1.54, 1.807) is 18.2 Å². The summed E-state index contributed by atoms with van der Waals surface area (Å²) in [4.78, 5) is 129. The minimum atomic E-state index is -1.19. The van der Waals surface area contributed by atoms with Crippen molar-refractivity contribution in [2.75, 3.05) is 0 Å². The molecule has 15 nitrogen and oxygen atoms in total. The van der Waals surface area contributed by atoms with Crippen LogP contribution in [-0.2, 0) is 14.4 Å². The van der Waals surface area contributed by atoms with E-state index in [0.717, 1.165) is 0 Å². The van der Waals surface area contributed by atoms with E-state index in [4.69, 9.17) is 0 Å². The molecule has 0 saturated heterocycles. The van der Waals surface area contributed by atoms with Gasteiger partial charge in [0.25, 0.3) is 0 Å². The molecule has 0 unspecified atom stereocenters. The molecule has 0 spiro atoms. The van der Waals surface area contributed by atoms with Gasteiger partial charge in [-0.15, -0.1) is 0 Å². The van der Waals surface area contributed by atoms with Crippen molar-refractivity contribution in [3.63, 3.8) is 0 Å². The summed E-state index contributed by atoms with van der Waals surface area (Å²) in [6.45, 7) is 3.82. The molecule has 1 heterocycles. The summed E-state index contributed by atoms with van der Waals surface area (Å²) in [6.07, 6.45) is 4.35. The number of hydrogen-bond donors (Lipinski definition) is 0. The molecule has 7 aromatic rings. The molecule has 0 N–H and O–H groups in total. The molecule has 57 heavy (non-hydrogen) atoms. The lowest BCUT2D eigenvalue weighted by Crippen LogP contribution is -2.52. The predicted molar refractivity (Wildman–Crippen MR) is 209 cm³/mol. The van der Waals surface area contributed by atoms with Crippen molar-refractivity contribution in [2.45, 2.75) is 20.8 Å². The first kappa shape index (κ1) is 37.0. The van der Waals surface area contributed by atoms with Gasteiger partial charge in [-0.2, -0.15) is 15.0 Å². The number of ketones is 3. The zero-order valence-electron chi connectivity index (χ0n) is 30.0. The Morgan fingerprint density at radius 1 is 0.421 bits per heavy atom. The minimum Gasteiger partial charge on any atom is -0.295 e. The molecule has 0 aliphatic rings. The number of fused-ring (bicyclic) bond motifs is 3. The van der Waals surface area contributed by atoms with Crippen molar-refractivity contribution in [3.8, 4) is 17.1 Å². The van der Waals surface area contributed by atoms with E-state index in [1.165, 1.54) is 112 Å². The maximum absolute atomic E-state index is 15.0. The number of carbonyl (C=O) groups is 3. The van der Waals surface area contributed by atoms with Crippen LogP contribution in [0.25, 0.3) is 49.4 Å². The highest BCUT2D eigenvalue weighted by Gasteiger charge is 2.25. The Bertz CT molecular complexity index is 2940. The van der Waals surface area contributed by atoms with Crippen molar-refractivity contribution < 1.29 is 28.8 Å². The molecule has 276 valence electrons. The van der Waals surface area contributed by atoms with E-state index in [2.05, 4.69) is 15.0 Å². The van der Waals surface area contributed by atoms with Gasteiger partial charge in [-0.25, -0.2) is 42.5 Å². The highest BCUT2D eigenvalue weighted by molar-refractivity contribution is 6.08. The third-order valence-corrected chi connectivity index (χ3v) is 9.44. The first-order chi connectivity index (χ1) is 27.4. The van der Waals surface area contributed by atoms with Crippen LogP contribution in [0, 0.1) is 0 Å². The number of rotatable bonds is 9. The summed E-state index contributed by atoms with van der Waals surface area (Å²) >= 11 is 0. The molecule has 0 atom stereocenters. The van der Waals surface area contributed by atoms with Gasteiger partial charge < -0.3 is 0 Å². The maximum Gasteiger partial charge on any atom is 0.345 e. The first-order valence-corrected chi connectivity index (χ1v) is 16.9. The van der Waals surface area contributed by atoms with Crippen molar-refractivity contribution in [1.29, 1.82) is 0 Å². The average Bonchev–Trinajstić information content (AvgIpc) is 3.18. The van der Waals surface area contributed by atoms with Crippen molar-refractivity contribution in [3.05, 3.63) is 139 Å². The highest BCUT2D eigenvalue weighted by atomic mass is 16.2. The van der Waals surface area contributed by atoms with E-state index >= 15 is 0 Å². The van der Waals surface area contributed by atoms with Crippen LogP contribution in [0.2, 0.25) is 0 Å². The van der Waals surface area contributed by atoms with Crippen LogP contribution in [0.15, 0.2) is 120 Å². The van der Waals surface area contributed by atoms with Gasteiger partial charge >= 0.3 is 17.1 Å². The number of nitrogens with zero attached hydrogens (tertiary/aromatic N) is 6. The summed E-state index contributed by atoms with van der Waals surface area (Å²) in [5.41, 5.74) is -3.68. The third-order valence-electron chi connectivity index (χ3n) is 9.44. The van der Waals surface area contributed by atoms with E-state index < -0.39 is 34.4 Å². The molecule has 0 radical (unpaired) electrons. The Hall–Kier alpha value is -8.34. The molecule has 0 amide bonds. The van der Waals surface area contributed by atoms with Gasteiger partial charge in [-0.05, 0) is 75.4 Å². The standard InChI is InChI=1S/C42H24N6O9/c1-22(52)25-13-31-28(34(16-25)43-19-49)7-4-10-37(31)46-40(55)47(38-11-5-8-29-32(38)14-26(23(2)53)17-35(29)44-20-50)42(57)48(41(46)56)39-12-6-9-30-33(39)15-27(24(3)54)18-36(30)45-21-51/h4-18H,1-3H3. The van der Waals surface area contributed by atoms with Gasteiger partial charge in [0.2, 0.25) is 18.2 Å². The van der Waals surface area contributed by atoms with Gasteiger partial charge in [-0.1, -0.05) is 36.4 Å². The van der Waals surface area contributed by atoms with Crippen LogP contribution in [0.1, 0.15) is 51.8 Å². The first-order valence-electron chi connectivity index (χ1n) is 16.9. The molecule has 0 bridgehead atoms. The number of isocyanates is 3. The molecule has 1 aromatic heterocycles. The molecular weight excluding hydrogens is 732 g/mol. The van der Waals surface area contributed by atoms with Crippen LogP contribution in [-0.4, -0.2) is 49.3 Å². The van der Waals surface area contributed by atoms with Crippen LogP contribution in [0.5, 0.6) is 0 Å². The van der Waals surface area contributed by atoms with E-state index in [9.17, 15) is 43.2 Å². The Morgan fingerprint density at radius 2 is 0.684 bits per heavy atom. The average molecular weight is 757 g/mol. The van der Waals surface area contributed by atoms with Gasteiger partial charge in [-0.3, -0.25) is 14.4 Å². The number of aromatic nitrogens is 3. The molecule has 0 aliphatic carbocycles. The second-order valence-electron chi connectivity index (χ2n) is 12.7. The molecular formula is C42H24N6O9. The largest absolute Gasteiger partial charge is 0.345 e. The Labute approximate surface area is 318 Å². The second kappa shape index (κ2) is 14.5. The lowest BCUT2D eigenvalue weighted by Gasteiger charge is -2.18. The smallest absolute Gasteiger partial charge is 0.295 e. The van der Waals surface area contributed by atoms with Crippen LogP contribution in [0.3, 0.4) is 0 Å². The molecule has 0 aliphatic heterocycles. The molecule has 0 saturated carbocycles. The fraction of sp³-hybridized carbons (Fsp3) is 0.0714. The molecule has 6 aromatic carbocycles. The lowest BCUT2D eigenvalue weighted by atomic mass is 10.0. The van der Waals surface area contributed by atoms with E-state index in [-0.39, 0.29) is 83.1 Å². The zero-order valence-corrected chi connectivity index (χ0v) is 30.0. The van der Waals surface area contributed by atoms with Crippen LogP contribution in [0.4, 0.5) is 17.1 Å². The minimum absolute atomic E-state index is 0.0133. The molecule has 7 rings (SSSR count). The summed E-state index contributed by atoms with van der Waals surface area (Å²) in [7, 11) is 0. The predicted octanol–water partition coefficient (Wildman–Crippen LogP) is 6.11. The van der Waals surface area contributed by atoms with E-state index in [0.29, 0.717) is 13.7 Å². The number of hydrogen-bond acceptors (Lipinski definition) is 12. The summed E-state index contributed by atoms with van der Waals surface area (Å²) in [6, 6.07) is 21.5. The third kappa shape index (κ3) is 6.19.